The van der Waals surface area contributed by atoms with Gasteiger partial charge in [-0.15, -0.1) is 0 Å². The third kappa shape index (κ3) is 3.07. The molecule has 2 fully saturated rings. The van der Waals surface area contributed by atoms with Crippen molar-refractivity contribution in [1.29, 1.82) is 0 Å². The van der Waals surface area contributed by atoms with Crippen molar-refractivity contribution < 1.29 is 18.5 Å². The zero-order chi connectivity index (χ0) is 19.4. The molecular weight excluding hydrogens is 344 g/mol. The van der Waals surface area contributed by atoms with Gasteiger partial charge in [0.15, 0.2) is 0 Å². The standard InChI is InChI=1S/C21H23BFNO3/c1-20(2)21(3,4)27-22(26-20)15-7-5-14(6-8-15)18-13-19(25)24(18)17-11-9-16(23)10-12-17/h5-12,18H,13H2,1-4H3. The first kappa shape index (κ1) is 18.2. The summed E-state index contributed by atoms with van der Waals surface area (Å²) in [6.07, 6.45) is 0.452. The molecule has 0 radical (unpaired) electrons. The van der Waals surface area contributed by atoms with E-state index in [1.807, 2.05) is 52.0 Å². The Morgan fingerprint density at radius 3 is 2.04 bits per heavy atom. The van der Waals surface area contributed by atoms with Gasteiger partial charge < -0.3 is 14.2 Å². The number of halogens is 1. The summed E-state index contributed by atoms with van der Waals surface area (Å²) in [5, 5.41) is 0. The van der Waals surface area contributed by atoms with Crippen LogP contribution in [0.15, 0.2) is 48.5 Å². The molecule has 2 aliphatic heterocycles. The van der Waals surface area contributed by atoms with E-state index in [4.69, 9.17) is 9.31 Å². The molecule has 1 unspecified atom stereocenters. The smallest absolute Gasteiger partial charge is 0.399 e. The van der Waals surface area contributed by atoms with E-state index in [0.717, 1.165) is 11.0 Å². The minimum atomic E-state index is -0.403. The molecule has 2 aromatic carbocycles. The summed E-state index contributed by atoms with van der Waals surface area (Å²) in [7, 11) is -0.403. The molecule has 6 heteroatoms. The van der Waals surface area contributed by atoms with Crippen LogP contribution >= 0.6 is 0 Å². The van der Waals surface area contributed by atoms with Crippen LogP contribution in [0, 0.1) is 5.82 Å². The number of hydrogen-bond donors (Lipinski definition) is 0. The number of benzene rings is 2. The van der Waals surface area contributed by atoms with Gasteiger partial charge in [-0.25, -0.2) is 4.39 Å². The fourth-order valence-corrected chi connectivity index (χ4v) is 3.46. The molecule has 2 heterocycles. The van der Waals surface area contributed by atoms with Crippen molar-refractivity contribution in [2.75, 3.05) is 4.90 Å². The van der Waals surface area contributed by atoms with Gasteiger partial charge in [-0.05, 0) is 63.0 Å². The number of amides is 1. The van der Waals surface area contributed by atoms with Crippen LogP contribution in [0.2, 0.25) is 0 Å². The SMILES string of the molecule is CC1(C)OB(c2ccc(C3CC(=O)N3c3ccc(F)cc3)cc2)OC1(C)C. The zero-order valence-corrected chi connectivity index (χ0v) is 16.0. The fraction of sp³-hybridized carbons (Fsp3) is 0.381. The van der Waals surface area contributed by atoms with E-state index < -0.39 is 7.12 Å². The van der Waals surface area contributed by atoms with Crippen molar-refractivity contribution in [2.45, 2.75) is 51.4 Å². The summed E-state index contributed by atoms with van der Waals surface area (Å²) in [6, 6.07) is 14.0. The number of β-lactam (4-membered cyclic amide) rings is 1. The van der Waals surface area contributed by atoms with Crippen LogP contribution < -0.4 is 10.4 Å². The normalized spacial score (nSPS) is 23.4. The van der Waals surface area contributed by atoms with E-state index in [1.54, 1.807) is 17.0 Å². The van der Waals surface area contributed by atoms with Gasteiger partial charge in [0.1, 0.15) is 5.82 Å². The molecule has 2 aromatic rings. The lowest BCUT2D eigenvalue weighted by atomic mass is 9.78. The van der Waals surface area contributed by atoms with E-state index in [0.29, 0.717) is 12.1 Å². The Bertz CT molecular complexity index is 848. The summed E-state index contributed by atoms with van der Waals surface area (Å²) in [4.78, 5) is 13.8. The molecule has 2 aliphatic rings. The third-order valence-electron chi connectivity index (χ3n) is 5.90. The van der Waals surface area contributed by atoms with Crippen molar-refractivity contribution >= 4 is 24.2 Å². The highest BCUT2D eigenvalue weighted by Gasteiger charge is 2.51. The van der Waals surface area contributed by atoms with Crippen molar-refractivity contribution in [3.05, 3.63) is 59.9 Å². The maximum Gasteiger partial charge on any atom is 0.494 e. The Kier molecular flexibility index (Phi) is 4.16. The first-order valence-electron chi connectivity index (χ1n) is 9.21. The predicted molar refractivity (Wildman–Crippen MR) is 103 cm³/mol. The molecular formula is C21H23BFNO3. The topological polar surface area (TPSA) is 38.8 Å². The van der Waals surface area contributed by atoms with Crippen LogP contribution in [0.4, 0.5) is 10.1 Å². The monoisotopic (exact) mass is 367 g/mol. The summed E-state index contributed by atoms with van der Waals surface area (Å²) in [6.45, 7) is 8.12. The molecule has 1 amide bonds. The Labute approximate surface area is 159 Å². The number of hydrogen-bond acceptors (Lipinski definition) is 3. The van der Waals surface area contributed by atoms with Gasteiger partial charge in [0.25, 0.3) is 0 Å². The van der Waals surface area contributed by atoms with Gasteiger partial charge >= 0.3 is 7.12 Å². The van der Waals surface area contributed by atoms with Crippen molar-refractivity contribution in [2.24, 2.45) is 0 Å². The maximum atomic E-state index is 13.2. The Morgan fingerprint density at radius 2 is 1.52 bits per heavy atom. The van der Waals surface area contributed by atoms with E-state index >= 15 is 0 Å². The Balaban J connectivity index is 1.53. The largest absolute Gasteiger partial charge is 0.494 e. The van der Waals surface area contributed by atoms with Crippen molar-refractivity contribution in [3.63, 3.8) is 0 Å². The lowest BCUT2D eigenvalue weighted by Crippen LogP contribution is -2.46. The molecule has 27 heavy (non-hydrogen) atoms. The Morgan fingerprint density at radius 1 is 0.963 bits per heavy atom. The molecule has 4 nitrogen and oxygen atoms in total. The first-order chi connectivity index (χ1) is 12.7. The van der Waals surface area contributed by atoms with Crippen LogP contribution in [0.25, 0.3) is 0 Å². The highest BCUT2D eigenvalue weighted by Crippen LogP contribution is 2.39. The van der Waals surface area contributed by atoms with E-state index in [9.17, 15) is 9.18 Å². The molecule has 2 saturated heterocycles. The molecule has 0 N–H and O–H groups in total. The zero-order valence-electron chi connectivity index (χ0n) is 16.0. The van der Waals surface area contributed by atoms with E-state index in [-0.39, 0.29) is 29.0 Å². The lowest BCUT2D eigenvalue weighted by molar-refractivity contribution is -0.124. The fourth-order valence-electron chi connectivity index (χ4n) is 3.46. The third-order valence-corrected chi connectivity index (χ3v) is 5.90. The minimum absolute atomic E-state index is 0.0321. The summed E-state index contributed by atoms with van der Waals surface area (Å²) in [5.74, 6) is -0.267. The second-order valence-electron chi connectivity index (χ2n) is 8.21. The summed E-state index contributed by atoms with van der Waals surface area (Å²) < 4.78 is 25.3. The minimum Gasteiger partial charge on any atom is -0.399 e. The first-order valence-corrected chi connectivity index (χ1v) is 9.21. The second kappa shape index (κ2) is 6.18. The van der Waals surface area contributed by atoms with Gasteiger partial charge in [0.2, 0.25) is 5.91 Å². The summed E-state index contributed by atoms with van der Waals surface area (Å²) in [5.41, 5.74) is 1.95. The van der Waals surface area contributed by atoms with Crippen LogP contribution in [-0.2, 0) is 14.1 Å². The maximum absolute atomic E-state index is 13.2. The molecule has 1 atom stereocenters. The average Bonchev–Trinajstić information content (AvgIpc) is 2.82. The van der Waals surface area contributed by atoms with Crippen molar-refractivity contribution in [1.82, 2.24) is 0 Å². The molecule has 4 rings (SSSR count). The molecule has 0 aliphatic carbocycles. The number of nitrogens with zero attached hydrogens (tertiary/aromatic N) is 1. The van der Waals surface area contributed by atoms with Crippen LogP contribution in [0.3, 0.4) is 0 Å². The van der Waals surface area contributed by atoms with Gasteiger partial charge in [-0.2, -0.15) is 0 Å². The Hall–Kier alpha value is -2.18. The molecule has 0 aromatic heterocycles. The molecule has 140 valence electrons. The quantitative estimate of drug-likeness (QED) is 0.615. The van der Waals surface area contributed by atoms with E-state index in [1.165, 1.54) is 12.1 Å². The summed E-state index contributed by atoms with van der Waals surface area (Å²) >= 11 is 0. The number of rotatable bonds is 3. The highest BCUT2D eigenvalue weighted by atomic mass is 19.1. The lowest BCUT2D eigenvalue weighted by Gasteiger charge is -2.40. The van der Waals surface area contributed by atoms with Gasteiger partial charge in [0.05, 0.1) is 23.7 Å². The van der Waals surface area contributed by atoms with Crippen molar-refractivity contribution in [3.8, 4) is 0 Å². The predicted octanol–water partition coefficient (Wildman–Crippen LogP) is 3.60. The second-order valence-corrected chi connectivity index (χ2v) is 8.21. The average molecular weight is 367 g/mol. The molecule has 0 saturated carbocycles. The van der Waals surface area contributed by atoms with E-state index in [2.05, 4.69) is 0 Å². The van der Waals surface area contributed by atoms with Crippen LogP contribution in [0.5, 0.6) is 0 Å². The number of anilines is 1. The van der Waals surface area contributed by atoms with Gasteiger partial charge in [-0.3, -0.25) is 4.79 Å². The molecule has 0 bridgehead atoms. The molecule has 0 spiro atoms. The highest BCUT2D eigenvalue weighted by molar-refractivity contribution is 6.62. The number of carbonyl (C=O) groups excluding carboxylic acids is 1. The number of carbonyl (C=O) groups is 1. The van der Waals surface area contributed by atoms with Gasteiger partial charge in [-0.1, -0.05) is 24.3 Å². The van der Waals surface area contributed by atoms with Gasteiger partial charge in [0, 0.05) is 5.69 Å². The van der Waals surface area contributed by atoms with Crippen LogP contribution in [0.1, 0.15) is 45.7 Å². The van der Waals surface area contributed by atoms with Crippen LogP contribution in [-0.4, -0.2) is 24.2 Å².